The Morgan fingerprint density at radius 2 is 1.83 bits per heavy atom. The van der Waals surface area contributed by atoms with Crippen molar-refractivity contribution in [3.8, 4) is 11.5 Å². The van der Waals surface area contributed by atoms with E-state index in [0.717, 1.165) is 35.5 Å². The lowest BCUT2D eigenvalue weighted by Gasteiger charge is -2.17. The summed E-state index contributed by atoms with van der Waals surface area (Å²) in [6.45, 7) is 8.36. The molecule has 0 radical (unpaired) electrons. The zero-order valence-corrected chi connectivity index (χ0v) is 16.2. The molecule has 0 atom stereocenters. The molecular formula is C20H26BrNO2. The van der Waals surface area contributed by atoms with Crippen LogP contribution in [-0.4, -0.2) is 19.3 Å². The van der Waals surface area contributed by atoms with Gasteiger partial charge in [0.2, 0.25) is 0 Å². The molecule has 130 valence electrons. The van der Waals surface area contributed by atoms with E-state index in [-0.39, 0.29) is 6.10 Å². The van der Waals surface area contributed by atoms with Crippen LogP contribution in [0.3, 0.4) is 0 Å². The van der Waals surface area contributed by atoms with Gasteiger partial charge in [-0.3, -0.25) is 0 Å². The van der Waals surface area contributed by atoms with Crippen LogP contribution in [0.1, 0.15) is 31.9 Å². The van der Waals surface area contributed by atoms with Crippen LogP contribution in [0, 0.1) is 0 Å². The number of hydrogen-bond acceptors (Lipinski definition) is 3. The molecule has 0 aliphatic rings. The fourth-order valence-corrected chi connectivity index (χ4v) is 2.89. The largest absolute Gasteiger partial charge is 0.490 e. The Hall–Kier alpha value is -1.52. The van der Waals surface area contributed by atoms with Gasteiger partial charge in [-0.25, -0.2) is 0 Å². The molecule has 0 aromatic heterocycles. The van der Waals surface area contributed by atoms with Gasteiger partial charge in [-0.2, -0.15) is 0 Å². The van der Waals surface area contributed by atoms with Crippen molar-refractivity contribution in [1.82, 2.24) is 5.32 Å². The van der Waals surface area contributed by atoms with E-state index in [9.17, 15) is 0 Å². The molecule has 0 saturated carbocycles. The number of benzene rings is 2. The highest BCUT2D eigenvalue weighted by molar-refractivity contribution is 9.10. The van der Waals surface area contributed by atoms with E-state index < -0.39 is 0 Å². The fraction of sp³-hybridized carbons (Fsp3) is 0.400. The molecule has 0 aliphatic carbocycles. The lowest BCUT2D eigenvalue weighted by Crippen LogP contribution is -2.17. The number of rotatable bonds is 9. The standard InChI is InChI=1S/C20H26BrNO2/c1-4-23-19-12-17(18(21)13-20(19)24-15(2)3)14-22-11-10-16-8-6-5-7-9-16/h5-9,12-13,15,22H,4,10-11,14H2,1-3H3. The number of nitrogens with one attached hydrogen (secondary N) is 1. The average Bonchev–Trinajstić information content (AvgIpc) is 2.55. The molecule has 2 rings (SSSR count). The molecule has 0 heterocycles. The Morgan fingerprint density at radius 3 is 2.50 bits per heavy atom. The number of halogens is 1. The normalized spacial score (nSPS) is 10.9. The number of ether oxygens (including phenoxy) is 2. The summed E-state index contributed by atoms with van der Waals surface area (Å²) in [7, 11) is 0. The first kappa shape index (κ1) is 18.8. The minimum atomic E-state index is 0.117. The van der Waals surface area contributed by atoms with Crippen molar-refractivity contribution in [2.45, 2.75) is 39.8 Å². The van der Waals surface area contributed by atoms with E-state index in [4.69, 9.17) is 9.47 Å². The van der Waals surface area contributed by atoms with E-state index >= 15 is 0 Å². The van der Waals surface area contributed by atoms with Crippen LogP contribution in [0.25, 0.3) is 0 Å². The van der Waals surface area contributed by atoms with Gasteiger partial charge in [-0.1, -0.05) is 46.3 Å². The maximum Gasteiger partial charge on any atom is 0.162 e. The highest BCUT2D eigenvalue weighted by Gasteiger charge is 2.12. The predicted molar refractivity (Wildman–Crippen MR) is 103 cm³/mol. The van der Waals surface area contributed by atoms with Crippen molar-refractivity contribution in [3.63, 3.8) is 0 Å². The third-order valence-corrected chi connectivity index (χ3v) is 4.26. The van der Waals surface area contributed by atoms with Crippen molar-refractivity contribution in [2.75, 3.05) is 13.2 Å². The van der Waals surface area contributed by atoms with Gasteiger partial charge in [0.1, 0.15) is 0 Å². The van der Waals surface area contributed by atoms with Crippen LogP contribution in [0.15, 0.2) is 46.9 Å². The summed E-state index contributed by atoms with van der Waals surface area (Å²) in [4.78, 5) is 0. The van der Waals surface area contributed by atoms with Gasteiger partial charge in [0.05, 0.1) is 12.7 Å². The van der Waals surface area contributed by atoms with E-state index in [0.29, 0.717) is 6.61 Å². The molecule has 24 heavy (non-hydrogen) atoms. The van der Waals surface area contributed by atoms with Gasteiger partial charge in [0.25, 0.3) is 0 Å². The molecule has 0 saturated heterocycles. The van der Waals surface area contributed by atoms with Gasteiger partial charge in [-0.15, -0.1) is 0 Å². The van der Waals surface area contributed by atoms with E-state index in [1.54, 1.807) is 0 Å². The second kappa shape index (κ2) is 9.70. The molecule has 2 aromatic carbocycles. The maximum absolute atomic E-state index is 5.84. The second-order valence-corrected chi connectivity index (χ2v) is 6.76. The van der Waals surface area contributed by atoms with Crippen LogP contribution in [0.5, 0.6) is 11.5 Å². The smallest absolute Gasteiger partial charge is 0.162 e. The Kier molecular flexibility index (Phi) is 7.60. The van der Waals surface area contributed by atoms with Crippen LogP contribution in [-0.2, 0) is 13.0 Å². The van der Waals surface area contributed by atoms with Gasteiger partial charge in [-0.05, 0) is 57.0 Å². The van der Waals surface area contributed by atoms with E-state index in [1.807, 2.05) is 32.9 Å². The SMILES string of the molecule is CCOc1cc(CNCCc2ccccc2)c(Br)cc1OC(C)C. The first-order valence-corrected chi connectivity index (χ1v) is 9.26. The summed E-state index contributed by atoms with van der Waals surface area (Å²) >= 11 is 3.64. The van der Waals surface area contributed by atoms with Gasteiger partial charge >= 0.3 is 0 Å². The Morgan fingerprint density at radius 1 is 1.08 bits per heavy atom. The summed E-state index contributed by atoms with van der Waals surface area (Å²) in [5, 5.41) is 3.49. The summed E-state index contributed by atoms with van der Waals surface area (Å²) in [6, 6.07) is 14.6. The average molecular weight is 392 g/mol. The van der Waals surface area contributed by atoms with Crippen molar-refractivity contribution in [3.05, 3.63) is 58.1 Å². The molecule has 0 aliphatic heterocycles. The van der Waals surface area contributed by atoms with E-state index in [2.05, 4.69) is 51.6 Å². The van der Waals surface area contributed by atoms with Crippen molar-refractivity contribution in [2.24, 2.45) is 0 Å². The predicted octanol–water partition coefficient (Wildman–Crippen LogP) is 4.97. The van der Waals surface area contributed by atoms with Crippen molar-refractivity contribution < 1.29 is 9.47 Å². The zero-order chi connectivity index (χ0) is 17.4. The van der Waals surface area contributed by atoms with Crippen LogP contribution >= 0.6 is 15.9 Å². The van der Waals surface area contributed by atoms with Gasteiger partial charge < -0.3 is 14.8 Å². The van der Waals surface area contributed by atoms with Crippen LogP contribution in [0.4, 0.5) is 0 Å². The molecule has 1 N–H and O–H groups in total. The fourth-order valence-electron chi connectivity index (χ4n) is 2.43. The lowest BCUT2D eigenvalue weighted by molar-refractivity contribution is 0.223. The van der Waals surface area contributed by atoms with Crippen molar-refractivity contribution in [1.29, 1.82) is 0 Å². The molecule has 3 nitrogen and oxygen atoms in total. The minimum absolute atomic E-state index is 0.117. The highest BCUT2D eigenvalue weighted by atomic mass is 79.9. The third-order valence-electron chi connectivity index (χ3n) is 3.52. The molecule has 0 fully saturated rings. The molecular weight excluding hydrogens is 366 g/mol. The Bertz CT molecular complexity index is 629. The molecule has 2 aromatic rings. The first-order chi connectivity index (χ1) is 11.6. The van der Waals surface area contributed by atoms with Crippen LogP contribution < -0.4 is 14.8 Å². The van der Waals surface area contributed by atoms with E-state index in [1.165, 1.54) is 11.1 Å². The summed E-state index contributed by atoms with van der Waals surface area (Å²) in [5.41, 5.74) is 2.52. The van der Waals surface area contributed by atoms with Crippen LogP contribution in [0.2, 0.25) is 0 Å². The first-order valence-electron chi connectivity index (χ1n) is 8.46. The highest BCUT2D eigenvalue weighted by Crippen LogP contribution is 2.34. The molecule has 4 heteroatoms. The third kappa shape index (κ3) is 5.84. The van der Waals surface area contributed by atoms with Crippen molar-refractivity contribution >= 4 is 15.9 Å². The molecule has 0 unspecified atom stereocenters. The quantitative estimate of drug-likeness (QED) is 0.612. The van der Waals surface area contributed by atoms with Gasteiger partial charge in [0, 0.05) is 11.0 Å². The number of hydrogen-bond donors (Lipinski definition) is 1. The second-order valence-electron chi connectivity index (χ2n) is 5.90. The Labute approximate surface area is 153 Å². The Balaban J connectivity index is 1.97. The minimum Gasteiger partial charge on any atom is -0.490 e. The lowest BCUT2D eigenvalue weighted by atomic mass is 10.1. The monoisotopic (exact) mass is 391 g/mol. The summed E-state index contributed by atoms with van der Waals surface area (Å²) in [6.07, 6.45) is 1.14. The topological polar surface area (TPSA) is 30.5 Å². The van der Waals surface area contributed by atoms with Gasteiger partial charge in [0.15, 0.2) is 11.5 Å². The summed E-state index contributed by atoms with van der Waals surface area (Å²) < 4.78 is 12.6. The zero-order valence-electron chi connectivity index (χ0n) is 14.6. The molecule has 0 amide bonds. The molecule has 0 bridgehead atoms. The maximum atomic E-state index is 5.84. The summed E-state index contributed by atoms with van der Waals surface area (Å²) in [5.74, 6) is 1.58. The molecule has 0 spiro atoms.